The fraction of sp³-hybridized carbons (Fsp3) is 0.933. The molecule has 0 bridgehead atoms. The highest BCUT2D eigenvalue weighted by Crippen LogP contribution is 2.35. The number of carbonyl (C=O) groups is 1. The molecule has 0 aromatic rings. The highest BCUT2D eigenvalue weighted by Gasteiger charge is 2.39. The molecule has 1 amide bonds. The Hall–Kier alpha value is -0.570. The minimum Gasteiger partial charge on any atom is -0.338 e. The Morgan fingerprint density at radius 2 is 1.94 bits per heavy atom. The second-order valence-corrected chi connectivity index (χ2v) is 6.47. The predicted octanol–water partition coefficient (Wildman–Crippen LogP) is 2.17. The Morgan fingerprint density at radius 3 is 2.56 bits per heavy atom. The monoisotopic (exact) mass is 250 g/mol. The van der Waals surface area contributed by atoms with E-state index in [4.69, 9.17) is 0 Å². The lowest BCUT2D eigenvalue weighted by Gasteiger charge is -2.33. The first-order valence-corrected chi connectivity index (χ1v) is 7.81. The number of hydrogen-bond acceptors (Lipinski definition) is 2. The second-order valence-electron chi connectivity index (χ2n) is 6.47. The van der Waals surface area contributed by atoms with E-state index in [1.165, 1.54) is 38.5 Å². The summed E-state index contributed by atoms with van der Waals surface area (Å²) in [4.78, 5) is 14.9. The van der Waals surface area contributed by atoms with Crippen LogP contribution in [0.2, 0.25) is 0 Å². The average molecular weight is 250 g/mol. The van der Waals surface area contributed by atoms with E-state index in [1.807, 2.05) is 0 Å². The van der Waals surface area contributed by atoms with Crippen LogP contribution in [0, 0.1) is 11.8 Å². The van der Waals surface area contributed by atoms with Crippen LogP contribution in [-0.2, 0) is 4.79 Å². The largest absolute Gasteiger partial charge is 0.338 e. The Bertz CT molecular complexity index is 310. The molecule has 3 heteroatoms. The minimum absolute atomic E-state index is 0.114. The van der Waals surface area contributed by atoms with Gasteiger partial charge in [0.2, 0.25) is 5.91 Å². The first-order chi connectivity index (χ1) is 8.78. The van der Waals surface area contributed by atoms with E-state index in [2.05, 4.69) is 17.1 Å². The van der Waals surface area contributed by atoms with E-state index in [0.29, 0.717) is 11.9 Å². The van der Waals surface area contributed by atoms with Crippen molar-refractivity contribution in [1.82, 2.24) is 10.2 Å². The van der Waals surface area contributed by atoms with Gasteiger partial charge in [-0.15, -0.1) is 0 Å². The molecule has 1 heterocycles. The minimum atomic E-state index is 0.114. The number of hydrogen-bond donors (Lipinski definition) is 1. The fourth-order valence-electron chi connectivity index (χ4n) is 3.14. The van der Waals surface area contributed by atoms with Crippen molar-refractivity contribution >= 4 is 5.91 Å². The zero-order valence-corrected chi connectivity index (χ0v) is 11.5. The molecule has 2 atom stereocenters. The Morgan fingerprint density at radius 1 is 1.17 bits per heavy atom. The summed E-state index contributed by atoms with van der Waals surface area (Å²) in [6.07, 6.45) is 8.68. The smallest absolute Gasteiger partial charge is 0.239 e. The predicted molar refractivity (Wildman–Crippen MR) is 72.3 cm³/mol. The standard InChI is InChI=1S/C15H26N2O/c1-2-11-7-8-16-14(9-11)15(18)17(13-5-6-13)10-12-3-4-12/h11-14,16H,2-10H2,1H3. The topological polar surface area (TPSA) is 32.3 Å². The first-order valence-electron chi connectivity index (χ1n) is 7.81. The molecule has 1 N–H and O–H groups in total. The summed E-state index contributed by atoms with van der Waals surface area (Å²) < 4.78 is 0. The SMILES string of the molecule is CCC1CCNC(C(=O)N(CC2CC2)C2CC2)C1. The van der Waals surface area contributed by atoms with Crippen LogP contribution in [0.25, 0.3) is 0 Å². The fourth-order valence-corrected chi connectivity index (χ4v) is 3.14. The summed E-state index contributed by atoms with van der Waals surface area (Å²) in [6.45, 7) is 4.32. The average Bonchev–Trinajstić information content (AvgIpc) is 3.28. The van der Waals surface area contributed by atoms with Crippen LogP contribution in [0.3, 0.4) is 0 Å². The van der Waals surface area contributed by atoms with Crippen molar-refractivity contribution in [3.8, 4) is 0 Å². The van der Waals surface area contributed by atoms with Crippen LogP contribution < -0.4 is 5.32 Å². The molecule has 0 aromatic heterocycles. The molecule has 3 rings (SSSR count). The van der Waals surface area contributed by atoms with Crippen molar-refractivity contribution < 1.29 is 4.79 Å². The molecule has 2 saturated carbocycles. The number of nitrogens with zero attached hydrogens (tertiary/aromatic N) is 1. The van der Waals surface area contributed by atoms with Crippen LogP contribution in [0.4, 0.5) is 0 Å². The molecule has 3 aliphatic rings. The van der Waals surface area contributed by atoms with Gasteiger partial charge >= 0.3 is 0 Å². The van der Waals surface area contributed by atoms with E-state index in [9.17, 15) is 4.79 Å². The lowest BCUT2D eigenvalue weighted by Crippen LogP contribution is -2.51. The van der Waals surface area contributed by atoms with E-state index < -0.39 is 0 Å². The van der Waals surface area contributed by atoms with Crippen LogP contribution >= 0.6 is 0 Å². The summed E-state index contributed by atoms with van der Waals surface area (Å²) in [5, 5.41) is 3.45. The summed E-state index contributed by atoms with van der Waals surface area (Å²) in [7, 11) is 0. The molecule has 0 spiro atoms. The Labute approximate surface area is 110 Å². The van der Waals surface area contributed by atoms with Gasteiger partial charge in [0.15, 0.2) is 0 Å². The van der Waals surface area contributed by atoms with Crippen molar-refractivity contribution in [2.75, 3.05) is 13.1 Å². The van der Waals surface area contributed by atoms with Crippen LogP contribution in [0.1, 0.15) is 51.9 Å². The number of amides is 1. The lowest BCUT2D eigenvalue weighted by atomic mass is 9.90. The molecule has 3 nitrogen and oxygen atoms in total. The molecular formula is C15H26N2O. The number of nitrogens with one attached hydrogen (secondary N) is 1. The summed E-state index contributed by atoms with van der Waals surface area (Å²) in [6, 6.07) is 0.699. The zero-order chi connectivity index (χ0) is 12.5. The van der Waals surface area contributed by atoms with Crippen LogP contribution in [0.5, 0.6) is 0 Å². The molecule has 3 fully saturated rings. The van der Waals surface area contributed by atoms with Gasteiger partial charge in [0.25, 0.3) is 0 Å². The molecule has 0 radical (unpaired) electrons. The van der Waals surface area contributed by atoms with Crippen molar-refractivity contribution in [3.63, 3.8) is 0 Å². The van der Waals surface area contributed by atoms with Crippen molar-refractivity contribution in [3.05, 3.63) is 0 Å². The van der Waals surface area contributed by atoms with E-state index in [0.717, 1.165) is 31.3 Å². The van der Waals surface area contributed by atoms with Gasteiger partial charge in [-0.3, -0.25) is 4.79 Å². The van der Waals surface area contributed by atoms with Gasteiger partial charge in [0.05, 0.1) is 6.04 Å². The van der Waals surface area contributed by atoms with E-state index >= 15 is 0 Å². The summed E-state index contributed by atoms with van der Waals surface area (Å²) in [5.74, 6) is 1.98. The third kappa shape index (κ3) is 2.87. The van der Waals surface area contributed by atoms with Gasteiger partial charge in [-0.1, -0.05) is 13.3 Å². The second kappa shape index (κ2) is 5.20. The zero-order valence-electron chi connectivity index (χ0n) is 11.5. The van der Waals surface area contributed by atoms with Crippen molar-refractivity contribution in [1.29, 1.82) is 0 Å². The molecular weight excluding hydrogens is 224 g/mol. The third-order valence-corrected chi connectivity index (χ3v) is 4.81. The molecule has 2 aliphatic carbocycles. The van der Waals surface area contributed by atoms with Gasteiger partial charge < -0.3 is 10.2 Å². The van der Waals surface area contributed by atoms with Crippen LogP contribution in [-0.4, -0.2) is 36.0 Å². The highest BCUT2D eigenvalue weighted by molar-refractivity contribution is 5.82. The molecule has 2 unspecified atom stereocenters. The van der Waals surface area contributed by atoms with Gasteiger partial charge in [-0.05, 0) is 56.9 Å². The first kappa shape index (κ1) is 12.5. The van der Waals surface area contributed by atoms with Crippen molar-refractivity contribution in [2.24, 2.45) is 11.8 Å². The third-order valence-electron chi connectivity index (χ3n) is 4.81. The van der Waals surface area contributed by atoms with E-state index in [-0.39, 0.29) is 6.04 Å². The molecule has 1 saturated heterocycles. The summed E-state index contributed by atoms with van der Waals surface area (Å²) in [5.41, 5.74) is 0. The van der Waals surface area contributed by atoms with E-state index in [1.54, 1.807) is 0 Å². The number of rotatable bonds is 5. The maximum atomic E-state index is 12.7. The maximum absolute atomic E-state index is 12.7. The van der Waals surface area contributed by atoms with Gasteiger partial charge in [0, 0.05) is 12.6 Å². The Balaban J connectivity index is 1.59. The highest BCUT2D eigenvalue weighted by atomic mass is 16.2. The maximum Gasteiger partial charge on any atom is 0.239 e. The van der Waals surface area contributed by atoms with Gasteiger partial charge in [-0.25, -0.2) is 0 Å². The Kier molecular flexibility index (Phi) is 3.60. The number of piperidine rings is 1. The van der Waals surface area contributed by atoms with Gasteiger partial charge in [-0.2, -0.15) is 0 Å². The lowest BCUT2D eigenvalue weighted by molar-refractivity contribution is -0.135. The molecule has 1 aliphatic heterocycles. The van der Waals surface area contributed by atoms with Crippen molar-refractivity contribution in [2.45, 2.75) is 64.0 Å². The summed E-state index contributed by atoms with van der Waals surface area (Å²) >= 11 is 0. The quantitative estimate of drug-likeness (QED) is 0.811. The normalized spacial score (nSPS) is 32.3. The number of carbonyl (C=O) groups excluding carboxylic acids is 1. The molecule has 0 aromatic carbocycles. The molecule has 102 valence electrons. The van der Waals surface area contributed by atoms with Crippen LogP contribution in [0.15, 0.2) is 0 Å². The molecule has 18 heavy (non-hydrogen) atoms. The van der Waals surface area contributed by atoms with Gasteiger partial charge in [0.1, 0.15) is 0 Å².